The molecule has 2 unspecified atom stereocenters. The molecule has 0 aliphatic rings. The van der Waals surface area contributed by atoms with E-state index in [1.807, 2.05) is 36.9 Å². The maximum absolute atomic E-state index is 5.52. The van der Waals surface area contributed by atoms with E-state index in [-0.39, 0.29) is 12.1 Å². The highest BCUT2D eigenvalue weighted by molar-refractivity contribution is 5.16. The van der Waals surface area contributed by atoms with Crippen molar-refractivity contribution >= 4 is 0 Å². The number of hydrogen-bond acceptors (Lipinski definition) is 4. The first-order valence-electron chi connectivity index (χ1n) is 6.56. The second-order valence-electron chi connectivity index (χ2n) is 4.57. The molecule has 0 aliphatic carbocycles. The van der Waals surface area contributed by atoms with Gasteiger partial charge < -0.3 is 13.7 Å². The summed E-state index contributed by atoms with van der Waals surface area (Å²) in [5, 5.41) is 3.50. The Morgan fingerprint density at radius 2 is 2.37 bits per heavy atom. The number of nitrogens with zero attached hydrogens (tertiary/aromatic N) is 2. The van der Waals surface area contributed by atoms with Crippen LogP contribution in [-0.2, 0) is 11.8 Å². The monoisotopic (exact) mass is 263 g/mol. The standard InChI is InChI=1S/C14H21N3O2/c1-4-18-10-11(2)16-13(12-6-5-9-19-12)14-15-7-8-17(14)3/h5-9,11,13,16H,4,10H2,1-3H3. The molecule has 0 aliphatic heterocycles. The number of rotatable bonds is 7. The van der Waals surface area contributed by atoms with Crippen LogP contribution in [0.2, 0.25) is 0 Å². The van der Waals surface area contributed by atoms with Crippen molar-refractivity contribution in [2.75, 3.05) is 13.2 Å². The van der Waals surface area contributed by atoms with Gasteiger partial charge in [-0.2, -0.15) is 0 Å². The predicted molar refractivity (Wildman–Crippen MR) is 72.8 cm³/mol. The highest BCUT2D eigenvalue weighted by atomic mass is 16.5. The van der Waals surface area contributed by atoms with Gasteiger partial charge in [0, 0.05) is 32.1 Å². The number of ether oxygens (including phenoxy) is 1. The van der Waals surface area contributed by atoms with Crippen molar-refractivity contribution in [2.24, 2.45) is 7.05 Å². The molecule has 0 amide bonds. The number of aryl methyl sites for hydroxylation is 1. The largest absolute Gasteiger partial charge is 0.467 e. The number of nitrogens with one attached hydrogen (secondary N) is 1. The molecule has 5 nitrogen and oxygen atoms in total. The molecule has 2 heterocycles. The second kappa shape index (κ2) is 6.54. The van der Waals surface area contributed by atoms with Gasteiger partial charge in [-0.1, -0.05) is 0 Å². The van der Waals surface area contributed by atoms with Crippen molar-refractivity contribution in [2.45, 2.75) is 25.9 Å². The molecule has 0 radical (unpaired) electrons. The van der Waals surface area contributed by atoms with Gasteiger partial charge in [0.2, 0.25) is 0 Å². The molecule has 0 saturated carbocycles. The van der Waals surface area contributed by atoms with Crippen molar-refractivity contribution in [3.63, 3.8) is 0 Å². The molecule has 2 aromatic heterocycles. The minimum absolute atomic E-state index is 0.0644. The fourth-order valence-corrected chi connectivity index (χ4v) is 2.02. The molecule has 2 rings (SSSR count). The van der Waals surface area contributed by atoms with E-state index < -0.39 is 0 Å². The van der Waals surface area contributed by atoms with E-state index in [9.17, 15) is 0 Å². The van der Waals surface area contributed by atoms with Crippen LogP contribution in [0, 0.1) is 0 Å². The molecule has 0 spiro atoms. The first kappa shape index (κ1) is 13.8. The SMILES string of the molecule is CCOCC(C)NC(c1ccco1)c1nccn1C. The summed E-state index contributed by atoms with van der Waals surface area (Å²) in [6, 6.07) is 4.00. The molecule has 2 aromatic rings. The Kier molecular flexibility index (Phi) is 4.76. The molecule has 0 saturated heterocycles. The van der Waals surface area contributed by atoms with E-state index in [0.29, 0.717) is 6.61 Å². The molecule has 0 aromatic carbocycles. The number of hydrogen-bond donors (Lipinski definition) is 1. The first-order chi connectivity index (χ1) is 9.22. The normalized spacial score (nSPS) is 14.5. The Labute approximate surface area is 113 Å². The van der Waals surface area contributed by atoms with Crippen LogP contribution < -0.4 is 5.32 Å². The van der Waals surface area contributed by atoms with Crippen LogP contribution in [-0.4, -0.2) is 28.8 Å². The summed E-state index contributed by atoms with van der Waals surface area (Å²) >= 11 is 0. The lowest BCUT2D eigenvalue weighted by Gasteiger charge is -2.21. The Hall–Kier alpha value is -1.59. The van der Waals surface area contributed by atoms with E-state index in [1.54, 1.807) is 12.5 Å². The molecule has 104 valence electrons. The van der Waals surface area contributed by atoms with Crippen LogP contribution in [0.15, 0.2) is 35.2 Å². The van der Waals surface area contributed by atoms with Gasteiger partial charge >= 0.3 is 0 Å². The maximum Gasteiger partial charge on any atom is 0.133 e. The number of imidazole rings is 1. The van der Waals surface area contributed by atoms with E-state index >= 15 is 0 Å². The number of furan rings is 1. The maximum atomic E-state index is 5.52. The van der Waals surface area contributed by atoms with Gasteiger partial charge in [0.1, 0.15) is 17.6 Å². The van der Waals surface area contributed by atoms with Crippen molar-refractivity contribution < 1.29 is 9.15 Å². The zero-order valence-electron chi connectivity index (χ0n) is 11.7. The van der Waals surface area contributed by atoms with Crippen molar-refractivity contribution in [3.8, 4) is 0 Å². The van der Waals surface area contributed by atoms with Gasteiger partial charge in [0.15, 0.2) is 0 Å². The molecule has 0 fully saturated rings. The summed E-state index contributed by atoms with van der Waals surface area (Å²) < 4.78 is 13.0. The molecule has 2 atom stereocenters. The van der Waals surface area contributed by atoms with Crippen LogP contribution in [0.5, 0.6) is 0 Å². The zero-order chi connectivity index (χ0) is 13.7. The lowest BCUT2D eigenvalue weighted by Crippen LogP contribution is -2.35. The molecule has 1 N–H and O–H groups in total. The minimum Gasteiger partial charge on any atom is -0.467 e. The van der Waals surface area contributed by atoms with Crippen LogP contribution in [0.4, 0.5) is 0 Å². The van der Waals surface area contributed by atoms with Crippen molar-refractivity contribution in [3.05, 3.63) is 42.4 Å². The van der Waals surface area contributed by atoms with Crippen LogP contribution in [0.3, 0.4) is 0 Å². The molecule has 5 heteroatoms. The Bertz CT molecular complexity index is 479. The number of aromatic nitrogens is 2. The van der Waals surface area contributed by atoms with Gasteiger partial charge in [-0.25, -0.2) is 4.98 Å². The third-order valence-corrected chi connectivity index (χ3v) is 2.97. The molecule has 0 bridgehead atoms. The average Bonchev–Trinajstić information content (AvgIpc) is 3.05. The fourth-order valence-electron chi connectivity index (χ4n) is 2.02. The summed E-state index contributed by atoms with van der Waals surface area (Å²) in [4.78, 5) is 4.41. The fraction of sp³-hybridized carbons (Fsp3) is 0.500. The summed E-state index contributed by atoms with van der Waals surface area (Å²) in [6.07, 6.45) is 5.40. The van der Waals surface area contributed by atoms with Gasteiger partial charge in [-0.3, -0.25) is 5.32 Å². The predicted octanol–water partition coefficient (Wildman–Crippen LogP) is 2.12. The van der Waals surface area contributed by atoms with E-state index in [1.165, 1.54) is 0 Å². The van der Waals surface area contributed by atoms with Gasteiger partial charge in [0.05, 0.1) is 12.9 Å². The topological polar surface area (TPSA) is 52.2 Å². The van der Waals surface area contributed by atoms with Crippen LogP contribution in [0.1, 0.15) is 31.5 Å². The lowest BCUT2D eigenvalue weighted by atomic mass is 10.2. The highest BCUT2D eigenvalue weighted by Gasteiger charge is 2.22. The average molecular weight is 263 g/mol. The summed E-state index contributed by atoms with van der Waals surface area (Å²) in [6.45, 7) is 5.47. The summed E-state index contributed by atoms with van der Waals surface area (Å²) in [7, 11) is 1.98. The Balaban J connectivity index is 2.14. The van der Waals surface area contributed by atoms with Gasteiger partial charge in [-0.05, 0) is 26.0 Å². The summed E-state index contributed by atoms with van der Waals surface area (Å²) in [5.41, 5.74) is 0. The van der Waals surface area contributed by atoms with E-state index in [4.69, 9.17) is 9.15 Å². The van der Waals surface area contributed by atoms with E-state index in [2.05, 4.69) is 17.2 Å². The quantitative estimate of drug-likeness (QED) is 0.831. The molecular weight excluding hydrogens is 242 g/mol. The molecular formula is C14H21N3O2. The van der Waals surface area contributed by atoms with E-state index in [0.717, 1.165) is 18.2 Å². The lowest BCUT2D eigenvalue weighted by molar-refractivity contribution is 0.123. The summed E-state index contributed by atoms with van der Waals surface area (Å²) in [5.74, 6) is 1.79. The van der Waals surface area contributed by atoms with Crippen LogP contribution >= 0.6 is 0 Å². The van der Waals surface area contributed by atoms with Crippen molar-refractivity contribution in [1.29, 1.82) is 0 Å². The van der Waals surface area contributed by atoms with Crippen LogP contribution in [0.25, 0.3) is 0 Å². The zero-order valence-corrected chi connectivity index (χ0v) is 11.7. The second-order valence-corrected chi connectivity index (χ2v) is 4.57. The third-order valence-electron chi connectivity index (χ3n) is 2.97. The first-order valence-corrected chi connectivity index (χ1v) is 6.56. The Morgan fingerprint density at radius 1 is 1.53 bits per heavy atom. The molecule has 19 heavy (non-hydrogen) atoms. The van der Waals surface area contributed by atoms with Gasteiger partial charge in [0.25, 0.3) is 0 Å². The minimum atomic E-state index is -0.0644. The van der Waals surface area contributed by atoms with Crippen molar-refractivity contribution in [1.82, 2.24) is 14.9 Å². The van der Waals surface area contributed by atoms with Gasteiger partial charge in [-0.15, -0.1) is 0 Å². The highest BCUT2D eigenvalue weighted by Crippen LogP contribution is 2.21. The smallest absolute Gasteiger partial charge is 0.133 e. The third kappa shape index (κ3) is 3.45. The Morgan fingerprint density at radius 3 is 2.95 bits per heavy atom.